The molecular formula is C21H27ClN2O3. The van der Waals surface area contributed by atoms with E-state index in [1.165, 1.54) is 0 Å². The number of anilines is 1. The molecule has 1 amide bonds. The van der Waals surface area contributed by atoms with E-state index in [-0.39, 0.29) is 24.9 Å². The van der Waals surface area contributed by atoms with Gasteiger partial charge in [0.1, 0.15) is 6.04 Å². The number of benzene rings is 2. The first-order valence-corrected chi connectivity index (χ1v) is 8.81. The molecule has 27 heavy (non-hydrogen) atoms. The molecule has 2 aromatic rings. The largest absolute Gasteiger partial charge is 0.480 e. The standard InChI is InChI=1S/C21H26N2O3.ClH/c1-4-12-23(14-19(24)25)20(17-8-6-5-7-9-17)21(26)22-18-13-15(2)10-11-16(18)3;/h5-11,13,20H,4,12,14H2,1-3H3,(H,22,26)(H,24,25);1H. The summed E-state index contributed by atoms with van der Waals surface area (Å²) in [5, 5.41) is 12.3. The fourth-order valence-corrected chi connectivity index (χ4v) is 3.00. The summed E-state index contributed by atoms with van der Waals surface area (Å²) in [4.78, 5) is 26.2. The monoisotopic (exact) mass is 390 g/mol. The number of aliphatic carboxylic acids is 1. The Morgan fingerprint density at radius 3 is 2.37 bits per heavy atom. The summed E-state index contributed by atoms with van der Waals surface area (Å²) in [6, 6.07) is 14.5. The molecule has 0 radical (unpaired) electrons. The van der Waals surface area contributed by atoms with E-state index in [1.54, 1.807) is 4.90 Å². The normalized spacial score (nSPS) is 11.6. The van der Waals surface area contributed by atoms with Crippen molar-refractivity contribution < 1.29 is 14.7 Å². The molecule has 0 saturated carbocycles. The Hall–Kier alpha value is -2.37. The van der Waals surface area contributed by atoms with E-state index in [2.05, 4.69) is 5.32 Å². The minimum absolute atomic E-state index is 0. The van der Waals surface area contributed by atoms with Crippen LogP contribution in [0.2, 0.25) is 0 Å². The Morgan fingerprint density at radius 1 is 1.11 bits per heavy atom. The Bertz CT molecular complexity index is 765. The molecule has 0 spiro atoms. The van der Waals surface area contributed by atoms with Gasteiger partial charge in [-0.2, -0.15) is 0 Å². The molecule has 0 aliphatic heterocycles. The second kappa shape index (κ2) is 10.7. The van der Waals surface area contributed by atoms with Crippen molar-refractivity contribution in [2.24, 2.45) is 0 Å². The zero-order valence-electron chi connectivity index (χ0n) is 15.9. The zero-order valence-corrected chi connectivity index (χ0v) is 16.8. The van der Waals surface area contributed by atoms with Gasteiger partial charge in [-0.1, -0.05) is 49.4 Å². The van der Waals surface area contributed by atoms with Gasteiger partial charge in [0.05, 0.1) is 6.54 Å². The fourth-order valence-electron chi connectivity index (χ4n) is 3.00. The van der Waals surface area contributed by atoms with Crippen LogP contribution in [0.25, 0.3) is 0 Å². The highest BCUT2D eigenvalue weighted by Crippen LogP contribution is 2.25. The van der Waals surface area contributed by atoms with Crippen molar-refractivity contribution in [1.29, 1.82) is 0 Å². The maximum atomic E-state index is 13.1. The second-order valence-electron chi connectivity index (χ2n) is 6.49. The first kappa shape index (κ1) is 22.7. The number of aryl methyl sites for hydroxylation is 2. The Kier molecular flexibility index (Phi) is 8.98. The number of halogens is 1. The van der Waals surface area contributed by atoms with Crippen LogP contribution in [0, 0.1) is 13.8 Å². The zero-order chi connectivity index (χ0) is 19.1. The molecule has 0 aliphatic rings. The molecule has 0 heterocycles. The summed E-state index contributed by atoms with van der Waals surface area (Å²) in [6.45, 7) is 6.21. The Balaban J connectivity index is 0.00000364. The van der Waals surface area contributed by atoms with Crippen molar-refractivity contribution in [3.8, 4) is 0 Å². The molecule has 2 aromatic carbocycles. The van der Waals surface area contributed by atoms with Crippen LogP contribution in [-0.4, -0.2) is 35.0 Å². The molecule has 0 fully saturated rings. The number of carboxylic acids is 1. The number of carboxylic acid groups (broad SMARTS) is 1. The molecule has 1 unspecified atom stereocenters. The van der Waals surface area contributed by atoms with Crippen molar-refractivity contribution >= 4 is 30.0 Å². The minimum Gasteiger partial charge on any atom is -0.480 e. The maximum absolute atomic E-state index is 13.1. The van der Waals surface area contributed by atoms with Gasteiger partial charge in [-0.15, -0.1) is 12.4 Å². The highest BCUT2D eigenvalue weighted by atomic mass is 35.5. The molecule has 0 aliphatic carbocycles. The van der Waals surface area contributed by atoms with Crippen LogP contribution in [0.4, 0.5) is 5.69 Å². The van der Waals surface area contributed by atoms with Gasteiger partial charge in [-0.25, -0.2) is 0 Å². The maximum Gasteiger partial charge on any atom is 0.317 e. The molecule has 2 rings (SSSR count). The summed E-state index contributed by atoms with van der Waals surface area (Å²) < 4.78 is 0. The highest BCUT2D eigenvalue weighted by Gasteiger charge is 2.29. The first-order valence-electron chi connectivity index (χ1n) is 8.81. The predicted molar refractivity (Wildman–Crippen MR) is 110 cm³/mol. The van der Waals surface area contributed by atoms with Gasteiger partial charge < -0.3 is 10.4 Å². The SMILES string of the molecule is CCCN(CC(=O)O)C(C(=O)Nc1cc(C)ccc1C)c1ccccc1.Cl. The third-order valence-corrected chi connectivity index (χ3v) is 4.23. The fraction of sp³-hybridized carbons (Fsp3) is 0.333. The topological polar surface area (TPSA) is 69.6 Å². The van der Waals surface area contributed by atoms with E-state index in [4.69, 9.17) is 0 Å². The number of hydrogen-bond donors (Lipinski definition) is 2. The molecule has 0 aromatic heterocycles. The summed E-state index contributed by atoms with van der Waals surface area (Å²) in [7, 11) is 0. The molecule has 146 valence electrons. The average Bonchev–Trinajstić information content (AvgIpc) is 2.59. The lowest BCUT2D eigenvalue weighted by molar-refractivity contribution is -0.139. The third kappa shape index (κ3) is 6.38. The van der Waals surface area contributed by atoms with Crippen LogP contribution < -0.4 is 5.32 Å². The van der Waals surface area contributed by atoms with Gasteiger partial charge in [0.2, 0.25) is 5.91 Å². The quantitative estimate of drug-likeness (QED) is 0.708. The number of carbonyl (C=O) groups is 2. The number of rotatable bonds is 8. The van der Waals surface area contributed by atoms with Crippen LogP contribution >= 0.6 is 12.4 Å². The van der Waals surface area contributed by atoms with Crippen molar-refractivity contribution in [2.75, 3.05) is 18.4 Å². The average molecular weight is 391 g/mol. The molecule has 0 saturated heterocycles. The van der Waals surface area contributed by atoms with Crippen molar-refractivity contribution in [3.05, 3.63) is 65.2 Å². The number of nitrogens with zero attached hydrogens (tertiary/aromatic N) is 1. The molecule has 1 atom stereocenters. The van der Waals surface area contributed by atoms with E-state index in [0.717, 1.165) is 28.8 Å². The van der Waals surface area contributed by atoms with Gasteiger partial charge >= 0.3 is 5.97 Å². The van der Waals surface area contributed by atoms with E-state index in [1.807, 2.05) is 69.3 Å². The van der Waals surface area contributed by atoms with E-state index in [0.29, 0.717) is 6.54 Å². The number of amides is 1. The molecule has 2 N–H and O–H groups in total. The number of carbonyl (C=O) groups excluding carboxylic acids is 1. The summed E-state index contributed by atoms with van der Waals surface area (Å²) in [5.41, 5.74) is 3.56. The third-order valence-electron chi connectivity index (χ3n) is 4.23. The predicted octanol–water partition coefficient (Wildman–Crippen LogP) is 4.20. The smallest absolute Gasteiger partial charge is 0.317 e. The van der Waals surface area contributed by atoms with Crippen LogP contribution in [0.3, 0.4) is 0 Å². The summed E-state index contributed by atoms with van der Waals surface area (Å²) in [6.07, 6.45) is 0.757. The van der Waals surface area contributed by atoms with Crippen LogP contribution in [0.1, 0.15) is 36.1 Å². The van der Waals surface area contributed by atoms with Gasteiger partial charge in [-0.05, 0) is 49.6 Å². The number of hydrogen-bond acceptors (Lipinski definition) is 3. The molecule has 5 nitrogen and oxygen atoms in total. The Labute approximate surface area is 166 Å². The summed E-state index contributed by atoms with van der Waals surface area (Å²) in [5.74, 6) is -1.17. The minimum atomic E-state index is -0.945. The van der Waals surface area contributed by atoms with Crippen molar-refractivity contribution in [1.82, 2.24) is 4.90 Å². The second-order valence-corrected chi connectivity index (χ2v) is 6.49. The van der Waals surface area contributed by atoms with Crippen LogP contribution in [-0.2, 0) is 9.59 Å². The Morgan fingerprint density at radius 2 is 1.78 bits per heavy atom. The first-order chi connectivity index (χ1) is 12.4. The van der Waals surface area contributed by atoms with Gasteiger partial charge in [-0.3, -0.25) is 14.5 Å². The number of nitrogens with one attached hydrogen (secondary N) is 1. The lowest BCUT2D eigenvalue weighted by Gasteiger charge is -2.29. The van der Waals surface area contributed by atoms with E-state index in [9.17, 15) is 14.7 Å². The lowest BCUT2D eigenvalue weighted by atomic mass is 10.0. The molecule has 6 heteroatoms. The van der Waals surface area contributed by atoms with Crippen LogP contribution in [0.15, 0.2) is 48.5 Å². The highest BCUT2D eigenvalue weighted by molar-refractivity contribution is 5.96. The van der Waals surface area contributed by atoms with Gasteiger partial charge in [0.15, 0.2) is 0 Å². The summed E-state index contributed by atoms with van der Waals surface area (Å²) >= 11 is 0. The molecule has 0 bridgehead atoms. The van der Waals surface area contributed by atoms with E-state index < -0.39 is 12.0 Å². The van der Waals surface area contributed by atoms with Crippen molar-refractivity contribution in [3.63, 3.8) is 0 Å². The lowest BCUT2D eigenvalue weighted by Crippen LogP contribution is -2.40. The van der Waals surface area contributed by atoms with Crippen LogP contribution in [0.5, 0.6) is 0 Å². The van der Waals surface area contributed by atoms with Gasteiger partial charge in [0.25, 0.3) is 0 Å². The van der Waals surface area contributed by atoms with Crippen molar-refractivity contribution in [2.45, 2.75) is 33.2 Å². The van der Waals surface area contributed by atoms with E-state index >= 15 is 0 Å². The molecular weight excluding hydrogens is 364 g/mol. The van der Waals surface area contributed by atoms with Gasteiger partial charge in [0, 0.05) is 5.69 Å².